The molecule has 0 aliphatic heterocycles. The number of alkyl halides is 4. The van der Waals surface area contributed by atoms with Crippen molar-refractivity contribution in [3.05, 3.63) is 0 Å². The molecule has 10 heavy (non-hydrogen) atoms. The van der Waals surface area contributed by atoms with E-state index in [1.807, 2.05) is 0 Å². The van der Waals surface area contributed by atoms with Gasteiger partial charge >= 0.3 is 12.3 Å². The summed E-state index contributed by atoms with van der Waals surface area (Å²) >= 11 is 0. The van der Waals surface area contributed by atoms with Crippen LogP contribution in [0.2, 0.25) is 0 Å². The molecule has 0 aromatic rings. The zero-order valence-electron chi connectivity index (χ0n) is 5.19. The molecule has 0 radical (unpaired) electrons. The first-order chi connectivity index (χ1) is 4.36. The molecule has 0 fully saturated rings. The first kappa shape index (κ1) is 9.64. The molecule has 0 bridgehead atoms. The lowest BCUT2D eigenvalue weighted by molar-refractivity contribution is -0.189. The van der Waals surface area contributed by atoms with E-state index in [0.29, 0.717) is 0 Å². The van der Waals surface area contributed by atoms with Crippen LogP contribution in [0, 0.1) is 0 Å². The van der Waals surface area contributed by atoms with Crippen molar-refractivity contribution < 1.29 is 22.8 Å². The van der Waals surface area contributed by atoms with E-state index in [4.69, 9.17) is 5.21 Å². The van der Waals surface area contributed by atoms with Crippen molar-refractivity contribution in [2.45, 2.75) is 12.3 Å². The Bertz CT molecular complexity index is 105. The van der Waals surface area contributed by atoms with Gasteiger partial charge < -0.3 is 5.21 Å². The molecule has 1 N–H and O–H groups in total. The van der Waals surface area contributed by atoms with Crippen LogP contribution in [-0.4, -0.2) is 36.2 Å². The summed E-state index contributed by atoms with van der Waals surface area (Å²) in [5, 5.41) is 8.18. The highest BCUT2D eigenvalue weighted by atomic mass is 19.3. The van der Waals surface area contributed by atoms with E-state index in [1.165, 1.54) is 0 Å². The summed E-state index contributed by atoms with van der Waals surface area (Å²) in [6.45, 7) is -1.36. The molecule has 0 saturated carbocycles. The molecule has 6 heteroatoms. The average molecular weight is 161 g/mol. The Kier molecular flexibility index (Phi) is 3.04. The fraction of sp³-hybridized carbons (Fsp3) is 1.00. The number of hydroxylamine groups is 2. The van der Waals surface area contributed by atoms with Crippen LogP contribution in [0.4, 0.5) is 17.6 Å². The zero-order valence-corrected chi connectivity index (χ0v) is 5.19. The number of nitrogens with zero attached hydrogens (tertiary/aromatic N) is 1. The van der Waals surface area contributed by atoms with Crippen LogP contribution < -0.4 is 0 Å². The number of hydrogen-bond acceptors (Lipinski definition) is 2. The Morgan fingerprint density at radius 2 is 1.90 bits per heavy atom. The summed E-state index contributed by atoms with van der Waals surface area (Å²) in [7, 11) is 0.871. The molecule has 0 aromatic carbocycles. The van der Waals surface area contributed by atoms with Crippen molar-refractivity contribution in [1.29, 1.82) is 0 Å². The Balaban J connectivity index is 3.87. The van der Waals surface area contributed by atoms with Gasteiger partial charge in [0, 0.05) is 7.05 Å². The van der Waals surface area contributed by atoms with Gasteiger partial charge in [0.25, 0.3) is 0 Å². The van der Waals surface area contributed by atoms with Crippen LogP contribution in [0.25, 0.3) is 0 Å². The molecule has 0 spiro atoms. The third-order valence-electron chi connectivity index (χ3n) is 0.759. The predicted octanol–water partition coefficient (Wildman–Crippen LogP) is 1.21. The van der Waals surface area contributed by atoms with Gasteiger partial charge in [0.1, 0.15) is 0 Å². The Morgan fingerprint density at radius 1 is 1.50 bits per heavy atom. The Labute approximate surface area is 55.0 Å². The average Bonchev–Trinajstić information content (AvgIpc) is 1.60. The largest absolute Gasteiger partial charge is 0.322 e. The van der Waals surface area contributed by atoms with E-state index >= 15 is 0 Å². The summed E-state index contributed by atoms with van der Waals surface area (Å²) in [4.78, 5) is 0. The molecular weight excluding hydrogens is 154 g/mol. The molecule has 0 amide bonds. The maximum atomic E-state index is 11.8. The molecule has 2 nitrogen and oxygen atoms in total. The lowest BCUT2D eigenvalue weighted by Crippen LogP contribution is -2.38. The molecular formula is C4H7F4NO. The summed E-state index contributed by atoms with van der Waals surface area (Å²) in [6.07, 6.45) is -3.73. The first-order valence-electron chi connectivity index (χ1n) is 2.42. The van der Waals surface area contributed by atoms with Gasteiger partial charge in [-0.2, -0.15) is 13.8 Å². The van der Waals surface area contributed by atoms with Crippen LogP contribution in [0.5, 0.6) is 0 Å². The van der Waals surface area contributed by atoms with E-state index < -0.39 is 18.9 Å². The Morgan fingerprint density at radius 3 is 2.00 bits per heavy atom. The number of rotatable bonds is 3. The third kappa shape index (κ3) is 2.98. The second-order valence-corrected chi connectivity index (χ2v) is 1.88. The van der Waals surface area contributed by atoms with Crippen LogP contribution in [-0.2, 0) is 0 Å². The topological polar surface area (TPSA) is 23.5 Å². The van der Waals surface area contributed by atoms with Crippen molar-refractivity contribution in [2.75, 3.05) is 13.6 Å². The fourth-order valence-electron chi connectivity index (χ4n) is 0.374. The highest BCUT2D eigenvalue weighted by Gasteiger charge is 2.41. The molecule has 0 rings (SSSR count). The molecule has 62 valence electrons. The zero-order chi connectivity index (χ0) is 8.36. The summed E-state index contributed by atoms with van der Waals surface area (Å²) in [5.74, 6) is -4.14. The molecule has 0 aliphatic rings. The smallest absolute Gasteiger partial charge is 0.314 e. The predicted molar refractivity (Wildman–Crippen MR) is 25.4 cm³/mol. The summed E-state index contributed by atoms with van der Waals surface area (Å²) < 4.78 is 46.3. The van der Waals surface area contributed by atoms with Crippen molar-refractivity contribution in [1.82, 2.24) is 5.06 Å². The monoisotopic (exact) mass is 161 g/mol. The normalized spacial score (nSPS) is 13.2. The van der Waals surface area contributed by atoms with E-state index in [2.05, 4.69) is 0 Å². The van der Waals surface area contributed by atoms with Crippen LogP contribution >= 0.6 is 0 Å². The molecule has 0 saturated heterocycles. The number of halogens is 4. The van der Waals surface area contributed by atoms with Gasteiger partial charge in [-0.25, -0.2) is 8.78 Å². The van der Waals surface area contributed by atoms with Crippen molar-refractivity contribution in [3.8, 4) is 0 Å². The highest BCUT2D eigenvalue weighted by molar-refractivity contribution is 4.69. The van der Waals surface area contributed by atoms with Crippen molar-refractivity contribution in [3.63, 3.8) is 0 Å². The second-order valence-electron chi connectivity index (χ2n) is 1.88. The fourth-order valence-corrected chi connectivity index (χ4v) is 0.374. The van der Waals surface area contributed by atoms with Gasteiger partial charge in [-0.05, 0) is 0 Å². The van der Waals surface area contributed by atoms with Gasteiger partial charge in [-0.3, -0.25) is 0 Å². The minimum Gasteiger partial charge on any atom is -0.314 e. The van der Waals surface area contributed by atoms with Crippen molar-refractivity contribution >= 4 is 0 Å². The quantitative estimate of drug-likeness (QED) is 0.496. The Hall–Kier alpha value is -0.360. The van der Waals surface area contributed by atoms with E-state index in [9.17, 15) is 17.6 Å². The number of hydrogen-bond donors (Lipinski definition) is 1. The second kappa shape index (κ2) is 3.16. The third-order valence-corrected chi connectivity index (χ3v) is 0.759. The van der Waals surface area contributed by atoms with Crippen LogP contribution in [0.3, 0.4) is 0 Å². The molecule has 0 aromatic heterocycles. The van der Waals surface area contributed by atoms with E-state index in [-0.39, 0.29) is 5.06 Å². The van der Waals surface area contributed by atoms with E-state index in [1.54, 1.807) is 0 Å². The van der Waals surface area contributed by atoms with Gasteiger partial charge in [0.05, 0.1) is 6.54 Å². The maximum Gasteiger partial charge on any atom is 0.322 e. The first-order valence-corrected chi connectivity index (χ1v) is 2.42. The summed E-state index contributed by atoms with van der Waals surface area (Å²) in [5.41, 5.74) is 0. The molecule has 0 atom stereocenters. The lowest BCUT2D eigenvalue weighted by atomic mass is 10.3. The molecule has 0 unspecified atom stereocenters. The van der Waals surface area contributed by atoms with Gasteiger partial charge in [-0.1, -0.05) is 0 Å². The van der Waals surface area contributed by atoms with Crippen LogP contribution in [0.1, 0.15) is 0 Å². The highest BCUT2D eigenvalue weighted by Crippen LogP contribution is 2.22. The molecule has 0 heterocycles. The standard InChI is InChI=1S/C4H7F4NO/c1-9(10)2-4(7,8)3(5)6/h3,10H,2H2,1H3. The minimum absolute atomic E-state index is 0.0200. The van der Waals surface area contributed by atoms with Gasteiger partial charge in [-0.15, -0.1) is 0 Å². The van der Waals surface area contributed by atoms with E-state index in [0.717, 1.165) is 7.05 Å². The maximum absolute atomic E-state index is 11.8. The lowest BCUT2D eigenvalue weighted by Gasteiger charge is -2.17. The SMILES string of the molecule is CN(O)CC(F)(F)C(F)F. The van der Waals surface area contributed by atoms with Crippen LogP contribution in [0.15, 0.2) is 0 Å². The molecule has 0 aliphatic carbocycles. The van der Waals surface area contributed by atoms with Gasteiger partial charge in [0.2, 0.25) is 0 Å². The summed E-state index contributed by atoms with van der Waals surface area (Å²) in [6, 6.07) is 0. The van der Waals surface area contributed by atoms with Crippen molar-refractivity contribution in [2.24, 2.45) is 0 Å². The van der Waals surface area contributed by atoms with Gasteiger partial charge in [0.15, 0.2) is 0 Å². The minimum atomic E-state index is -4.14.